The lowest BCUT2D eigenvalue weighted by Gasteiger charge is -2.08. The van der Waals surface area contributed by atoms with Gasteiger partial charge in [-0.05, 0) is 36.2 Å². The molecule has 4 nitrogen and oxygen atoms in total. The van der Waals surface area contributed by atoms with Gasteiger partial charge in [0.2, 0.25) is 5.91 Å². The number of hydrogen-bond acceptors (Lipinski definition) is 2. The van der Waals surface area contributed by atoms with E-state index in [1.807, 2.05) is 25.1 Å². The molecule has 0 spiro atoms. The molecule has 0 aliphatic heterocycles. The van der Waals surface area contributed by atoms with Gasteiger partial charge in [-0.25, -0.2) is 4.39 Å². The van der Waals surface area contributed by atoms with E-state index in [9.17, 15) is 14.0 Å². The predicted octanol–water partition coefficient (Wildman–Crippen LogP) is 2.76. The highest BCUT2D eigenvalue weighted by atomic mass is 19.1. The summed E-state index contributed by atoms with van der Waals surface area (Å²) >= 11 is 0. The average Bonchev–Trinajstić information content (AvgIpc) is 2.53. The van der Waals surface area contributed by atoms with Crippen LogP contribution < -0.4 is 10.6 Å². The Morgan fingerprint density at radius 3 is 2.59 bits per heavy atom. The molecule has 0 atom stereocenters. The monoisotopic (exact) mass is 300 g/mol. The molecule has 0 saturated heterocycles. The van der Waals surface area contributed by atoms with Crippen LogP contribution in [0.5, 0.6) is 0 Å². The van der Waals surface area contributed by atoms with Crippen molar-refractivity contribution in [2.75, 3.05) is 11.9 Å². The third-order valence-corrected chi connectivity index (χ3v) is 3.15. The first-order valence-corrected chi connectivity index (χ1v) is 7.01. The van der Waals surface area contributed by atoms with Crippen LogP contribution in [0, 0.1) is 5.82 Å². The molecule has 0 aliphatic rings. The van der Waals surface area contributed by atoms with Gasteiger partial charge in [-0.1, -0.05) is 31.2 Å². The van der Waals surface area contributed by atoms with Gasteiger partial charge in [0.05, 0.1) is 12.1 Å². The van der Waals surface area contributed by atoms with Gasteiger partial charge in [0.1, 0.15) is 5.82 Å². The zero-order valence-electron chi connectivity index (χ0n) is 12.2. The summed E-state index contributed by atoms with van der Waals surface area (Å²) in [6.07, 6.45) is 0.869. The van der Waals surface area contributed by atoms with Gasteiger partial charge in [0.25, 0.3) is 5.91 Å². The van der Waals surface area contributed by atoms with Crippen LogP contribution >= 0.6 is 0 Å². The van der Waals surface area contributed by atoms with Crippen LogP contribution in [0.25, 0.3) is 0 Å². The minimum Gasteiger partial charge on any atom is -0.343 e. The first-order valence-electron chi connectivity index (χ1n) is 7.01. The molecule has 0 fully saturated rings. The Labute approximate surface area is 128 Å². The molecule has 2 rings (SSSR count). The Bertz CT molecular complexity index is 686. The topological polar surface area (TPSA) is 58.2 Å². The number of anilines is 1. The molecule has 114 valence electrons. The summed E-state index contributed by atoms with van der Waals surface area (Å²) in [4.78, 5) is 23.6. The summed E-state index contributed by atoms with van der Waals surface area (Å²) in [5.41, 5.74) is 1.70. The van der Waals surface area contributed by atoms with Crippen molar-refractivity contribution >= 4 is 17.5 Å². The lowest BCUT2D eigenvalue weighted by molar-refractivity contribution is -0.115. The van der Waals surface area contributed by atoms with Crippen LogP contribution in [-0.2, 0) is 11.2 Å². The molecule has 2 aromatic carbocycles. The number of amides is 2. The molecule has 0 bridgehead atoms. The number of aryl methyl sites for hydroxylation is 1. The smallest absolute Gasteiger partial charge is 0.254 e. The van der Waals surface area contributed by atoms with E-state index < -0.39 is 11.7 Å². The number of hydrogen-bond donors (Lipinski definition) is 2. The van der Waals surface area contributed by atoms with Gasteiger partial charge >= 0.3 is 0 Å². The van der Waals surface area contributed by atoms with Crippen molar-refractivity contribution in [2.45, 2.75) is 13.3 Å². The highest BCUT2D eigenvalue weighted by molar-refractivity contribution is 5.99. The highest BCUT2D eigenvalue weighted by Crippen LogP contribution is 2.11. The van der Waals surface area contributed by atoms with E-state index >= 15 is 0 Å². The molecule has 2 aromatic rings. The number of benzene rings is 2. The van der Waals surface area contributed by atoms with Crippen molar-refractivity contribution in [3.63, 3.8) is 0 Å². The molecule has 0 aromatic heterocycles. The van der Waals surface area contributed by atoms with Gasteiger partial charge in [-0.3, -0.25) is 9.59 Å². The summed E-state index contributed by atoms with van der Waals surface area (Å²) in [6.45, 7) is 1.80. The van der Waals surface area contributed by atoms with Crippen molar-refractivity contribution in [3.8, 4) is 0 Å². The number of nitrogens with one attached hydrogen (secondary N) is 2. The Balaban J connectivity index is 1.90. The summed E-state index contributed by atoms with van der Waals surface area (Å²) < 4.78 is 13.4. The second kappa shape index (κ2) is 7.36. The summed E-state index contributed by atoms with van der Waals surface area (Å²) in [7, 11) is 0. The Morgan fingerprint density at radius 2 is 1.86 bits per heavy atom. The Morgan fingerprint density at radius 1 is 1.09 bits per heavy atom. The van der Waals surface area contributed by atoms with Gasteiger partial charge in [0.15, 0.2) is 0 Å². The molecule has 0 aliphatic carbocycles. The van der Waals surface area contributed by atoms with Crippen LogP contribution in [-0.4, -0.2) is 18.4 Å². The molecule has 2 N–H and O–H groups in total. The molecular formula is C17H17FN2O2. The van der Waals surface area contributed by atoms with Crippen LogP contribution in [0.1, 0.15) is 22.8 Å². The second-order valence-electron chi connectivity index (χ2n) is 4.76. The van der Waals surface area contributed by atoms with Gasteiger partial charge in [-0.2, -0.15) is 0 Å². The fourth-order valence-electron chi connectivity index (χ4n) is 1.98. The Hall–Kier alpha value is -2.69. The molecular weight excluding hydrogens is 283 g/mol. The van der Waals surface area contributed by atoms with E-state index in [-0.39, 0.29) is 18.0 Å². The molecule has 22 heavy (non-hydrogen) atoms. The molecule has 0 saturated carbocycles. The zero-order valence-corrected chi connectivity index (χ0v) is 12.2. The normalized spacial score (nSPS) is 10.1. The molecule has 5 heteroatoms. The van der Waals surface area contributed by atoms with E-state index in [2.05, 4.69) is 10.6 Å². The zero-order chi connectivity index (χ0) is 15.9. The van der Waals surface area contributed by atoms with E-state index in [1.54, 1.807) is 12.1 Å². The Kier molecular flexibility index (Phi) is 5.25. The largest absolute Gasteiger partial charge is 0.343 e. The summed E-state index contributed by atoms with van der Waals surface area (Å²) in [5, 5.41) is 5.09. The molecule has 0 heterocycles. The second-order valence-corrected chi connectivity index (χ2v) is 4.76. The van der Waals surface area contributed by atoms with Crippen LogP contribution in [0.15, 0.2) is 48.5 Å². The number of rotatable bonds is 5. The van der Waals surface area contributed by atoms with E-state index in [0.29, 0.717) is 5.69 Å². The minimum atomic E-state index is -0.615. The quantitative estimate of drug-likeness (QED) is 0.892. The number of carbonyl (C=O) groups is 2. The van der Waals surface area contributed by atoms with E-state index in [4.69, 9.17) is 0 Å². The van der Waals surface area contributed by atoms with Crippen molar-refractivity contribution < 1.29 is 14.0 Å². The minimum absolute atomic E-state index is 0.0803. The van der Waals surface area contributed by atoms with Gasteiger partial charge in [-0.15, -0.1) is 0 Å². The number of carbonyl (C=O) groups excluding carboxylic acids is 2. The first kappa shape index (κ1) is 15.7. The van der Waals surface area contributed by atoms with Crippen molar-refractivity contribution in [3.05, 3.63) is 65.5 Å². The van der Waals surface area contributed by atoms with Crippen LogP contribution in [0.4, 0.5) is 10.1 Å². The lowest BCUT2D eigenvalue weighted by Crippen LogP contribution is -2.33. The summed E-state index contributed by atoms with van der Waals surface area (Å²) in [5.74, 6) is -1.59. The first-order chi connectivity index (χ1) is 10.6. The standard InChI is InChI=1S/C17H17FN2O2/c1-2-12-6-5-7-13(10-12)20-16(21)11-19-17(22)14-8-3-4-9-15(14)18/h3-10H,2,11H2,1H3,(H,19,22)(H,20,21). The van der Waals surface area contributed by atoms with Crippen molar-refractivity contribution in [1.82, 2.24) is 5.32 Å². The molecule has 0 radical (unpaired) electrons. The lowest BCUT2D eigenvalue weighted by atomic mass is 10.1. The maximum Gasteiger partial charge on any atom is 0.254 e. The maximum absolute atomic E-state index is 13.4. The van der Waals surface area contributed by atoms with E-state index in [0.717, 1.165) is 12.0 Å². The number of halogens is 1. The average molecular weight is 300 g/mol. The third-order valence-electron chi connectivity index (χ3n) is 3.15. The predicted molar refractivity (Wildman–Crippen MR) is 83.2 cm³/mol. The maximum atomic E-state index is 13.4. The van der Waals surface area contributed by atoms with E-state index in [1.165, 1.54) is 18.2 Å². The SMILES string of the molecule is CCc1cccc(NC(=O)CNC(=O)c2ccccc2F)c1. The van der Waals surface area contributed by atoms with Crippen molar-refractivity contribution in [1.29, 1.82) is 0 Å². The van der Waals surface area contributed by atoms with Crippen LogP contribution in [0.3, 0.4) is 0 Å². The summed E-state index contributed by atoms with van der Waals surface area (Å²) in [6, 6.07) is 13.1. The third kappa shape index (κ3) is 4.15. The van der Waals surface area contributed by atoms with Gasteiger partial charge in [0, 0.05) is 5.69 Å². The van der Waals surface area contributed by atoms with Crippen molar-refractivity contribution in [2.24, 2.45) is 0 Å². The van der Waals surface area contributed by atoms with Gasteiger partial charge < -0.3 is 10.6 Å². The molecule has 2 amide bonds. The molecule has 0 unspecified atom stereocenters. The van der Waals surface area contributed by atoms with Crippen LogP contribution in [0.2, 0.25) is 0 Å². The fourth-order valence-corrected chi connectivity index (χ4v) is 1.98. The highest BCUT2D eigenvalue weighted by Gasteiger charge is 2.12. The fraction of sp³-hybridized carbons (Fsp3) is 0.176.